The maximum absolute atomic E-state index is 12.3. The van der Waals surface area contributed by atoms with E-state index in [2.05, 4.69) is 5.32 Å². The van der Waals surface area contributed by atoms with Crippen molar-refractivity contribution in [1.29, 1.82) is 0 Å². The number of halogens is 1. The summed E-state index contributed by atoms with van der Waals surface area (Å²) >= 11 is 5.93. The number of benzene rings is 2. The van der Waals surface area contributed by atoms with E-state index in [1.165, 1.54) is 19.1 Å². The number of anilines is 1. The van der Waals surface area contributed by atoms with Crippen LogP contribution in [0.4, 0.5) is 5.69 Å². The second-order valence-electron chi connectivity index (χ2n) is 5.77. The van der Waals surface area contributed by atoms with Gasteiger partial charge in [-0.25, -0.2) is 18.4 Å². The Balaban J connectivity index is 2.09. The summed E-state index contributed by atoms with van der Waals surface area (Å²) in [7, 11) is -4.01. The molecular formula is C18H19ClN2O5S. The molecule has 27 heavy (non-hydrogen) atoms. The number of hydrogen-bond donors (Lipinski definition) is 2. The number of carbonyl (C=O) groups excluding carboxylic acids is 2. The molecule has 0 spiro atoms. The largest absolute Gasteiger partial charge is 0.449 e. The lowest BCUT2D eigenvalue weighted by Crippen LogP contribution is -2.30. The summed E-state index contributed by atoms with van der Waals surface area (Å²) in [5.41, 5.74) is 1.49. The molecule has 3 N–H and O–H groups in total. The molecule has 0 unspecified atom stereocenters. The standard InChI is InChI=1S/C18H19ClN2O5S/c1-3-12-4-6-13(7-5-12)21-17(22)11(2)26-18(23)15-10-14(27(20,24)25)8-9-16(15)19/h4-11H,3H2,1-2H3,(H,21,22)(H2,20,24,25)/t11-/m0/s1. The van der Waals surface area contributed by atoms with E-state index in [-0.39, 0.29) is 15.5 Å². The van der Waals surface area contributed by atoms with Crippen LogP contribution in [0.25, 0.3) is 0 Å². The molecule has 0 saturated heterocycles. The number of esters is 1. The molecule has 0 saturated carbocycles. The Kier molecular flexibility index (Phi) is 6.59. The number of carbonyl (C=O) groups is 2. The molecule has 2 rings (SSSR count). The second-order valence-corrected chi connectivity index (χ2v) is 7.74. The van der Waals surface area contributed by atoms with Crippen LogP contribution >= 0.6 is 11.6 Å². The molecule has 0 aliphatic carbocycles. The summed E-state index contributed by atoms with van der Waals surface area (Å²) in [5, 5.41) is 7.66. The van der Waals surface area contributed by atoms with Gasteiger partial charge in [0.25, 0.3) is 5.91 Å². The third-order valence-electron chi connectivity index (χ3n) is 3.77. The van der Waals surface area contributed by atoms with Gasteiger partial charge in [0.2, 0.25) is 10.0 Å². The lowest BCUT2D eigenvalue weighted by Gasteiger charge is -2.14. The quantitative estimate of drug-likeness (QED) is 0.710. The number of primary sulfonamides is 1. The molecule has 7 nitrogen and oxygen atoms in total. The van der Waals surface area contributed by atoms with E-state index < -0.39 is 28.0 Å². The highest BCUT2D eigenvalue weighted by Crippen LogP contribution is 2.21. The summed E-state index contributed by atoms with van der Waals surface area (Å²) in [6.45, 7) is 3.41. The first-order chi connectivity index (χ1) is 12.6. The average molecular weight is 411 g/mol. The summed E-state index contributed by atoms with van der Waals surface area (Å²) in [5.74, 6) is -1.47. The highest BCUT2D eigenvalue weighted by molar-refractivity contribution is 7.89. The molecule has 2 aromatic rings. The van der Waals surface area contributed by atoms with Crippen LogP contribution in [0.5, 0.6) is 0 Å². The van der Waals surface area contributed by atoms with Gasteiger partial charge in [0.15, 0.2) is 6.10 Å². The predicted octanol–water partition coefficient (Wildman–Crippen LogP) is 2.73. The second kappa shape index (κ2) is 8.51. The number of nitrogens with two attached hydrogens (primary N) is 1. The zero-order valence-electron chi connectivity index (χ0n) is 14.7. The normalized spacial score (nSPS) is 12.3. The maximum Gasteiger partial charge on any atom is 0.340 e. The molecule has 1 atom stereocenters. The van der Waals surface area contributed by atoms with Crippen LogP contribution in [0.1, 0.15) is 29.8 Å². The van der Waals surface area contributed by atoms with E-state index in [0.29, 0.717) is 5.69 Å². The van der Waals surface area contributed by atoms with Crippen molar-refractivity contribution >= 4 is 39.2 Å². The Labute approximate surface area is 162 Å². The van der Waals surface area contributed by atoms with Gasteiger partial charge in [0, 0.05) is 5.69 Å². The van der Waals surface area contributed by atoms with E-state index >= 15 is 0 Å². The van der Waals surface area contributed by atoms with Crippen molar-refractivity contribution in [2.45, 2.75) is 31.3 Å². The molecule has 0 bridgehead atoms. The van der Waals surface area contributed by atoms with Gasteiger partial charge in [0.05, 0.1) is 15.5 Å². The maximum atomic E-state index is 12.3. The van der Waals surface area contributed by atoms with E-state index in [4.69, 9.17) is 21.5 Å². The third kappa shape index (κ3) is 5.53. The molecule has 0 aromatic heterocycles. The fourth-order valence-corrected chi connectivity index (χ4v) is 2.92. The summed E-state index contributed by atoms with van der Waals surface area (Å²) in [6.07, 6.45) is -0.252. The number of nitrogens with one attached hydrogen (secondary N) is 1. The number of ether oxygens (including phenoxy) is 1. The molecule has 2 aromatic carbocycles. The third-order valence-corrected chi connectivity index (χ3v) is 5.01. The van der Waals surface area contributed by atoms with Crippen LogP contribution in [-0.2, 0) is 26.0 Å². The van der Waals surface area contributed by atoms with Crippen molar-refractivity contribution in [2.24, 2.45) is 5.14 Å². The molecule has 0 aliphatic heterocycles. The van der Waals surface area contributed by atoms with Crippen molar-refractivity contribution in [1.82, 2.24) is 0 Å². The first-order valence-electron chi connectivity index (χ1n) is 8.05. The van der Waals surface area contributed by atoms with Gasteiger partial charge in [-0.05, 0) is 49.2 Å². The van der Waals surface area contributed by atoms with Crippen LogP contribution in [0, 0.1) is 0 Å². The lowest BCUT2D eigenvalue weighted by atomic mass is 10.1. The van der Waals surface area contributed by atoms with Crippen molar-refractivity contribution in [3.8, 4) is 0 Å². The van der Waals surface area contributed by atoms with E-state index in [1.54, 1.807) is 12.1 Å². The first kappa shape index (κ1) is 20.9. The Hall–Kier alpha value is -2.42. The Bertz CT molecular complexity index is 958. The zero-order valence-corrected chi connectivity index (χ0v) is 16.3. The number of sulfonamides is 1. The van der Waals surface area contributed by atoms with Crippen molar-refractivity contribution < 1.29 is 22.7 Å². The fourth-order valence-electron chi connectivity index (χ4n) is 2.18. The van der Waals surface area contributed by atoms with Crippen LogP contribution in [-0.4, -0.2) is 26.4 Å². The lowest BCUT2D eigenvalue weighted by molar-refractivity contribution is -0.123. The fraction of sp³-hybridized carbons (Fsp3) is 0.222. The first-order valence-corrected chi connectivity index (χ1v) is 9.97. The van der Waals surface area contributed by atoms with Crippen LogP contribution in [0.2, 0.25) is 5.02 Å². The van der Waals surface area contributed by atoms with Gasteiger partial charge < -0.3 is 10.1 Å². The average Bonchev–Trinajstić information content (AvgIpc) is 2.61. The number of hydrogen-bond acceptors (Lipinski definition) is 5. The van der Waals surface area contributed by atoms with E-state index in [9.17, 15) is 18.0 Å². The van der Waals surface area contributed by atoms with Gasteiger partial charge in [-0.1, -0.05) is 30.7 Å². The SMILES string of the molecule is CCc1ccc(NC(=O)[C@H](C)OC(=O)c2cc(S(N)(=O)=O)ccc2Cl)cc1. The Morgan fingerprint density at radius 2 is 1.81 bits per heavy atom. The summed E-state index contributed by atoms with van der Waals surface area (Å²) < 4.78 is 27.9. The van der Waals surface area contributed by atoms with Crippen LogP contribution in [0.15, 0.2) is 47.4 Å². The minimum Gasteiger partial charge on any atom is -0.449 e. The van der Waals surface area contributed by atoms with Gasteiger partial charge in [-0.2, -0.15) is 0 Å². The Morgan fingerprint density at radius 1 is 1.19 bits per heavy atom. The monoisotopic (exact) mass is 410 g/mol. The molecule has 0 heterocycles. The molecule has 0 fully saturated rings. The summed E-state index contributed by atoms with van der Waals surface area (Å²) in [4.78, 5) is 24.2. The van der Waals surface area contributed by atoms with Gasteiger partial charge >= 0.3 is 5.97 Å². The van der Waals surface area contributed by atoms with Crippen molar-refractivity contribution in [3.05, 3.63) is 58.6 Å². The molecule has 144 valence electrons. The molecule has 0 aliphatic rings. The van der Waals surface area contributed by atoms with Crippen molar-refractivity contribution in [2.75, 3.05) is 5.32 Å². The predicted molar refractivity (Wildman–Crippen MR) is 102 cm³/mol. The number of amides is 1. The molecular weight excluding hydrogens is 392 g/mol. The minimum atomic E-state index is -4.01. The highest BCUT2D eigenvalue weighted by Gasteiger charge is 2.22. The van der Waals surface area contributed by atoms with Gasteiger partial charge in [-0.3, -0.25) is 4.79 Å². The highest BCUT2D eigenvalue weighted by atomic mass is 35.5. The number of rotatable bonds is 6. The van der Waals surface area contributed by atoms with E-state index in [1.807, 2.05) is 19.1 Å². The van der Waals surface area contributed by atoms with E-state index in [0.717, 1.165) is 18.1 Å². The van der Waals surface area contributed by atoms with Gasteiger partial charge in [0.1, 0.15) is 0 Å². The van der Waals surface area contributed by atoms with Gasteiger partial charge in [-0.15, -0.1) is 0 Å². The summed E-state index contributed by atoms with van der Waals surface area (Å²) in [6, 6.07) is 10.7. The van der Waals surface area contributed by atoms with Crippen LogP contribution < -0.4 is 10.5 Å². The smallest absolute Gasteiger partial charge is 0.340 e. The zero-order chi connectivity index (χ0) is 20.2. The molecule has 0 radical (unpaired) electrons. The number of aryl methyl sites for hydroxylation is 1. The molecule has 9 heteroatoms. The minimum absolute atomic E-state index is 0.0184. The Morgan fingerprint density at radius 3 is 2.37 bits per heavy atom. The molecule has 1 amide bonds. The topological polar surface area (TPSA) is 116 Å². The van der Waals surface area contributed by atoms with Crippen molar-refractivity contribution in [3.63, 3.8) is 0 Å². The van der Waals surface area contributed by atoms with Crippen LogP contribution in [0.3, 0.4) is 0 Å².